The molecule has 5 nitrogen and oxygen atoms in total. The molecule has 0 spiro atoms. The van der Waals surface area contributed by atoms with Gasteiger partial charge in [-0.1, -0.05) is 0 Å². The van der Waals surface area contributed by atoms with Gasteiger partial charge in [0.05, 0.1) is 11.3 Å². The van der Waals surface area contributed by atoms with E-state index < -0.39 is 23.6 Å². The van der Waals surface area contributed by atoms with E-state index in [1.807, 2.05) is 0 Å². The van der Waals surface area contributed by atoms with E-state index in [2.05, 4.69) is 10.6 Å². The summed E-state index contributed by atoms with van der Waals surface area (Å²) >= 11 is 0. The van der Waals surface area contributed by atoms with Crippen molar-refractivity contribution < 1.29 is 27.5 Å². The van der Waals surface area contributed by atoms with Gasteiger partial charge >= 0.3 is 6.18 Å². The molecular formula is C15H17F3N2O3. The maximum Gasteiger partial charge on any atom is 0.418 e. The Kier molecular flexibility index (Phi) is 5.25. The maximum atomic E-state index is 13.2. The largest absolute Gasteiger partial charge is 0.418 e. The molecule has 2 amide bonds. The van der Waals surface area contributed by atoms with E-state index in [4.69, 9.17) is 4.74 Å². The quantitative estimate of drug-likeness (QED) is 0.895. The average Bonchev–Trinajstić information content (AvgIpc) is 2.48. The van der Waals surface area contributed by atoms with E-state index >= 15 is 0 Å². The minimum Gasteiger partial charge on any atom is -0.381 e. The van der Waals surface area contributed by atoms with Crippen LogP contribution in [0.3, 0.4) is 0 Å². The third-order valence-electron chi connectivity index (χ3n) is 3.50. The number of amides is 2. The van der Waals surface area contributed by atoms with E-state index in [1.54, 1.807) is 0 Å². The Morgan fingerprint density at radius 2 is 1.83 bits per heavy atom. The number of carbonyl (C=O) groups excluding carboxylic acids is 2. The second kappa shape index (κ2) is 6.99. The number of nitrogens with one attached hydrogen (secondary N) is 2. The number of alkyl halides is 3. The van der Waals surface area contributed by atoms with E-state index in [-0.39, 0.29) is 17.3 Å². The molecule has 0 radical (unpaired) electrons. The summed E-state index contributed by atoms with van der Waals surface area (Å²) in [6.45, 7) is 2.05. The first-order chi connectivity index (χ1) is 10.8. The van der Waals surface area contributed by atoms with Gasteiger partial charge in [0, 0.05) is 31.7 Å². The molecule has 1 aromatic carbocycles. The van der Waals surface area contributed by atoms with E-state index in [9.17, 15) is 22.8 Å². The van der Waals surface area contributed by atoms with Crippen LogP contribution in [0, 0.1) is 5.92 Å². The summed E-state index contributed by atoms with van der Waals surface area (Å²) in [5.41, 5.74) is -1.29. The van der Waals surface area contributed by atoms with E-state index in [0.717, 1.165) is 12.1 Å². The summed E-state index contributed by atoms with van der Waals surface area (Å²) in [5.74, 6) is -1.29. The molecule has 0 saturated carbocycles. The molecule has 0 aliphatic carbocycles. The average molecular weight is 330 g/mol. The number of ether oxygens (including phenoxy) is 1. The van der Waals surface area contributed by atoms with Crippen LogP contribution in [0.1, 0.15) is 25.3 Å². The van der Waals surface area contributed by atoms with Gasteiger partial charge in [-0.3, -0.25) is 9.59 Å². The van der Waals surface area contributed by atoms with Crippen LogP contribution in [-0.4, -0.2) is 25.0 Å². The van der Waals surface area contributed by atoms with Crippen molar-refractivity contribution >= 4 is 23.2 Å². The monoisotopic (exact) mass is 330 g/mol. The highest BCUT2D eigenvalue weighted by Gasteiger charge is 2.35. The minimum atomic E-state index is -4.65. The zero-order valence-electron chi connectivity index (χ0n) is 12.5. The number of hydrogen-bond donors (Lipinski definition) is 2. The fourth-order valence-electron chi connectivity index (χ4n) is 2.36. The van der Waals surface area contributed by atoms with Crippen molar-refractivity contribution in [2.24, 2.45) is 5.92 Å². The van der Waals surface area contributed by atoms with Crippen LogP contribution in [-0.2, 0) is 20.5 Å². The molecule has 1 aromatic rings. The van der Waals surface area contributed by atoms with E-state index in [0.29, 0.717) is 26.1 Å². The Labute approximate surface area is 131 Å². The molecule has 0 atom stereocenters. The predicted octanol–water partition coefficient (Wildman–Crippen LogP) is 3.03. The first-order valence-corrected chi connectivity index (χ1v) is 7.15. The summed E-state index contributed by atoms with van der Waals surface area (Å²) < 4.78 is 44.7. The lowest BCUT2D eigenvalue weighted by atomic mass is 9.99. The van der Waals surface area contributed by atoms with Crippen molar-refractivity contribution in [3.8, 4) is 0 Å². The van der Waals surface area contributed by atoms with Gasteiger partial charge in [0.2, 0.25) is 11.8 Å². The molecule has 0 unspecified atom stereocenters. The van der Waals surface area contributed by atoms with Crippen molar-refractivity contribution in [2.75, 3.05) is 23.8 Å². The Balaban J connectivity index is 2.22. The maximum absolute atomic E-state index is 13.2. The van der Waals surface area contributed by atoms with Crippen LogP contribution < -0.4 is 10.6 Å². The SMILES string of the molecule is CC(=O)Nc1ccc(NC(=O)C2CCOCC2)c(C(F)(F)F)c1. The lowest BCUT2D eigenvalue weighted by molar-refractivity contribution is -0.137. The number of halogens is 3. The molecule has 8 heteroatoms. The molecule has 1 fully saturated rings. The smallest absolute Gasteiger partial charge is 0.381 e. The predicted molar refractivity (Wildman–Crippen MR) is 77.9 cm³/mol. The summed E-state index contributed by atoms with van der Waals surface area (Å²) in [4.78, 5) is 23.1. The second-order valence-electron chi connectivity index (χ2n) is 5.32. The molecule has 1 heterocycles. The normalized spacial score (nSPS) is 16.0. The van der Waals surface area contributed by atoms with Crippen LogP contribution in [0.25, 0.3) is 0 Å². The molecule has 1 aliphatic rings. The van der Waals surface area contributed by atoms with Crippen LogP contribution >= 0.6 is 0 Å². The first kappa shape index (κ1) is 17.3. The molecular weight excluding hydrogens is 313 g/mol. The molecule has 2 rings (SSSR count). The van der Waals surface area contributed by atoms with Gasteiger partial charge in [0.1, 0.15) is 0 Å². The number of benzene rings is 1. The van der Waals surface area contributed by atoms with Gasteiger partial charge in [0.25, 0.3) is 0 Å². The third-order valence-corrected chi connectivity index (χ3v) is 3.50. The van der Waals surface area contributed by atoms with Crippen molar-refractivity contribution in [2.45, 2.75) is 25.9 Å². The van der Waals surface area contributed by atoms with Crippen molar-refractivity contribution in [1.29, 1.82) is 0 Å². The zero-order chi connectivity index (χ0) is 17.0. The third kappa shape index (κ3) is 4.69. The van der Waals surface area contributed by atoms with Gasteiger partial charge < -0.3 is 15.4 Å². The summed E-state index contributed by atoms with van der Waals surface area (Å²) in [6.07, 6.45) is -3.68. The number of anilines is 2. The Hall–Kier alpha value is -2.09. The molecule has 0 bridgehead atoms. The van der Waals surface area contributed by atoms with Gasteiger partial charge in [0.15, 0.2) is 0 Å². The van der Waals surface area contributed by atoms with Gasteiger partial charge in [-0.15, -0.1) is 0 Å². The highest BCUT2D eigenvalue weighted by atomic mass is 19.4. The highest BCUT2D eigenvalue weighted by molar-refractivity contribution is 5.94. The summed E-state index contributed by atoms with van der Waals surface area (Å²) in [7, 11) is 0. The summed E-state index contributed by atoms with van der Waals surface area (Å²) in [6, 6.07) is 3.27. The van der Waals surface area contributed by atoms with Gasteiger partial charge in [-0.05, 0) is 31.0 Å². The zero-order valence-corrected chi connectivity index (χ0v) is 12.5. The molecule has 1 saturated heterocycles. The fourth-order valence-corrected chi connectivity index (χ4v) is 2.36. The number of hydrogen-bond acceptors (Lipinski definition) is 3. The molecule has 1 aliphatic heterocycles. The second-order valence-corrected chi connectivity index (χ2v) is 5.32. The first-order valence-electron chi connectivity index (χ1n) is 7.15. The fraction of sp³-hybridized carbons (Fsp3) is 0.467. The lowest BCUT2D eigenvalue weighted by Gasteiger charge is -2.22. The minimum absolute atomic E-state index is 0.0221. The molecule has 126 valence electrons. The number of rotatable bonds is 3. The topological polar surface area (TPSA) is 67.4 Å². The lowest BCUT2D eigenvalue weighted by Crippen LogP contribution is -2.29. The van der Waals surface area contributed by atoms with Crippen LogP contribution in [0.5, 0.6) is 0 Å². The number of carbonyl (C=O) groups is 2. The Morgan fingerprint density at radius 1 is 1.17 bits per heavy atom. The van der Waals surface area contributed by atoms with Crippen LogP contribution in [0.2, 0.25) is 0 Å². The van der Waals surface area contributed by atoms with Crippen molar-refractivity contribution in [3.05, 3.63) is 23.8 Å². The standard InChI is InChI=1S/C15H17F3N2O3/c1-9(21)19-11-2-3-13(12(8-11)15(16,17)18)20-14(22)10-4-6-23-7-5-10/h2-3,8,10H,4-7H2,1H3,(H,19,21)(H,20,22). The van der Waals surface area contributed by atoms with Gasteiger partial charge in [-0.2, -0.15) is 13.2 Å². The van der Waals surface area contributed by atoms with Crippen LogP contribution in [0.15, 0.2) is 18.2 Å². The summed E-state index contributed by atoms with van der Waals surface area (Å²) in [5, 5.41) is 4.63. The highest BCUT2D eigenvalue weighted by Crippen LogP contribution is 2.37. The molecule has 23 heavy (non-hydrogen) atoms. The molecule has 2 N–H and O–H groups in total. The van der Waals surface area contributed by atoms with Gasteiger partial charge in [-0.25, -0.2) is 0 Å². The Bertz CT molecular complexity index is 596. The van der Waals surface area contributed by atoms with Crippen molar-refractivity contribution in [1.82, 2.24) is 0 Å². The van der Waals surface area contributed by atoms with E-state index in [1.165, 1.54) is 13.0 Å². The van der Waals surface area contributed by atoms with Crippen LogP contribution in [0.4, 0.5) is 24.5 Å². The Morgan fingerprint density at radius 3 is 2.39 bits per heavy atom. The molecule has 0 aromatic heterocycles. The van der Waals surface area contributed by atoms with Crippen molar-refractivity contribution in [3.63, 3.8) is 0 Å².